The minimum Gasteiger partial charge on any atom is -0.389 e. The van der Waals surface area contributed by atoms with Crippen molar-refractivity contribution < 1.29 is 14.6 Å². The van der Waals surface area contributed by atoms with Gasteiger partial charge in [-0.1, -0.05) is 30.3 Å². The monoisotopic (exact) mass is 266 g/mol. The van der Waals surface area contributed by atoms with Crippen molar-refractivity contribution in [3.8, 4) is 0 Å². The maximum absolute atomic E-state index is 12.0. The predicted octanol–water partition coefficient (Wildman–Crippen LogP) is 0.542. The fourth-order valence-electron chi connectivity index (χ4n) is 1.83. The van der Waals surface area contributed by atoms with Gasteiger partial charge in [0, 0.05) is 33.2 Å². The zero-order valence-electron chi connectivity index (χ0n) is 11.5. The van der Waals surface area contributed by atoms with Crippen LogP contribution in [0.1, 0.15) is 18.0 Å². The van der Waals surface area contributed by atoms with Gasteiger partial charge in [0.25, 0.3) is 0 Å². The summed E-state index contributed by atoms with van der Waals surface area (Å²) in [5.41, 5.74) is 6.92. The fourth-order valence-corrected chi connectivity index (χ4v) is 1.83. The molecule has 0 saturated heterocycles. The number of rotatable bonds is 7. The highest BCUT2D eigenvalue weighted by molar-refractivity contribution is 5.76. The number of nitrogens with zero attached hydrogens (tertiary/aromatic N) is 1. The molecular formula is C14H22N2O3. The lowest BCUT2D eigenvalue weighted by Crippen LogP contribution is -2.37. The lowest BCUT2D eigenvalue weighted by atomic mass is 10.0. The van der Waals surface area contributed by atoms with Crippen LogP contribution in [0.4, 0.5) is 0 Å². The second kappa shape index (κ2) is 7.89. The topological polar surface area (TPSA) is 75.8 Å². The number of carbonyl (C=O) groups is 1. The number of hydrogen-bond acceptors (Lipinski definition) is 4. The van der Waals surface area contributed by atoms with Gasteiger partial charge in [-0.15, -0.1) is 0 Å². The molecule has 1 amide bonds. The van der Waals surface area contributed by atoms with Crippen LogP contribution < -0.4 is 5.73 Å². The van der Waals surface area contributed by atoms with Crippen molar-refractivity contribution in [3.05, 3.63) is 35.9 Å². The summed E-state index contributed by atoms with van der Waals surface area (Å²) in [5, 5.41) is 9.57. The van der Waals surface area contributed by atoms with E-state index < -0.39 is 6.10 Å². The molecule has 2 atom stereocenters. The minimum atomic E-state index is -0.674. The number of hydrogen-bond donors (Lipinski definition) is 2. The van der Waals surface area contributed by atoms with E-state index in [1.807, 2.05) is 30.3 Å². The molecule has 0 saturated carbocycles. The predicted molar refractivity (Wildman–Crippen MR) is 73.5 cm³/mol. The first-order valence-electron chi connectivity index (χ1n) is 6.26. The molecule has 0 aliphatic heterocycles. The van der Waals surface area contributed by atoms with Crippen LogP contribution in [-0.2, 0) is 9.53 Å². The Hall–Kier alpha value is -1.43. The highest BCUT2D eigenvalue weighted by Crippen LogP contribution is 2.14. The Morgan fingerprint density at radius 2 is 2.05 bits per heavy atom. The Kier molecular flexibility index (Phi) is 6.49. The number of amides is 1. The van der Waals surface area contributed by atoms with Gasteiger partial charge >= 0.3 is 0 Å². The van der Waals surface area contributed by atoms with Gasteiger partial charge in [-0.25, -0.2) is 0 Å². The van der Waals surface area contributed by atoms with Crippen LogP contribution in [0.3, 0.4) is 0 Å². The second-order valence-corrected chi connectivity index (χ2v) is 4.60. The zero-order chi connectivity index (χ0) is 14.3. The third-order valence-corrected chi connectivity index (χ3v) is 2.89. The van der Waals surface area contributed by atoms with Gasteiger partial charge in [0.1, 0.15) is 0 Å². The van der Waals surface area contributed by atoms with Gasteiger partial charge in [-0.3, -0.25) is 4.79 Å². The lowest BCUT2D eigenvalue weighted by Gasteiger charge is -2.22. The molecule has 0 aliphatic rings. The highest BCUT2D eigenvalue weighted by Gasteiger charge is 2.17. The number of carbonyl (C=O) groups excluding carboxylic acids is 1. The highest BCUT2D eigenvalue weighted by atomic mass is 16.5. The van der Waals surface area contributed by atoms with Crippen LogP contribution in [0, 0.1) is 0 Å². The van der Waals surface area contributed by atoms with Crippen LogP contribution in [0.5, 0.6) is 0 Å². The Bertz CT molecular complexity index is 384. The van der Waals surface area contributed by atoms with E-state index in [-0.39, 0.29) is 31.5 Å². The number of ether oxygens (including phenoxy) is 1. The van der Waals surface area contributed by atoms with E-state index in [1.54, 1.807) is 7.05 Å². The summed E-state index contributed by atoms with van der Waals surface area (Å²) in [7, 11) is 3.16. The largest absolute Gasteiger partial charge is 0.389 e. The number of methoxy groups -OCH3 is 1. The maximum Gasteiger partial charge on any atom is 0.224 e. The first-order valence-corrected chi connectivity index (χ1v) is 6.26. The van der Waals surface area contributed by atoms with Crippen molar-refractivity contribution in [1.82, 2.24) is 4.90 Å². The van der Waals surface area contributed by atoms with Crippen molar-refractivity contribution in [1.29, 1.82) is 0 Å². The summed E-state index contributed by atoms with van der Waals surface area (Å²) in [4.78, 5) is 13.4. The van der Waals surface area contributed by atoms with Gasteiger partial charge in [0.2, 0.25) is 5.91 Å². The zero-order valence-corrected chi connectivity index (χ0v) is 11.5. The Morgan fingerprint density at radius 3 is 2.63 bits per heavy atom. The molecule has 0 bridgehead atoms. The maximum atomic E-state index is 12.0. The summed E-state index contributed by atoms with van der Waals surface area (Å²) in [6.07, 6.45) is -0.452. The standard InChI is InChI=1S/C14H22N2O3/c1-16(9-12(17)10-19-2)14(18)8-13(15)11-6-4-3-5-7-11/h3-7,12-13,17H,8-10,15H2,1-2H3. The number of likely N-dealkylation sites (N-methyl/N-ethyl adjacent to an activating group) is 1. The van der Waals surface area contributed by atoms with E-state index in [0.29, 0.717) is 0 Å². The minimum absolute atomic E-state index is 0.0912. The lowest BCUT2D eigenvalue weighted by molar-refractivity contribution is -0.132. The number of benzene rings is 1. The van der Waals surface area contributed by atoms with Crippen molar-refractivity contribution in [2.45, 2.75) is 18.6 Å². The van der Waals surface area contributed by atoms with E-state index in [2.05, 4.69) is 0 Å². The van der Waals surface area contributed by atoms with Crippen molar-refractivity contribution in [2.24, 2.45) is 5.73 Å². The van der Waals surface area contributed by atoms with Crippen LogP contribution in [-0.4, -0.2) is 49.3 Å². The normalized spacial score (nSPS) is 13.9. The summed E-state index contributed by atoms with van der Waals surface area (Å²) < 4.78 is 4.82. The second-order valence-electron chi connectivity index (χ2n) is 4.60. The summed E-state index contributed by atoms with van der Waals surface area (Å²) in [6, 6.07) is 9.17. The molecule has 5 nitrogen and oxygen atoms in total. The first-order chi connectivity index (χ1) is 9.04. The van der Waals surface area contributed by atoms with E-state index in [4.69, 9.17) is 10.5 Å². The summed E-state index contributed by atoms with van der Waals surface area (Å²) in [6.45, 7) is 0.455. The molecule has 106 valence electrons. The number of nitrogens with two attached hydrogens (primary N) is 1. The van der Waals surface area contributed by atoms with Gasteiger partial charge in [0.15, 0.2) is 0 Å². The van der Waals surface area contributed by atoms with Crippen LogP contribution in [0.2, 0.25) is 0 Å². The quantitative estimate of drug-likeness (QED) is 0.755. The average Bonchev–Trinajstić information content (AvgIpc) is 2.39. The summed E-state index contributed by atoms with van der Waals surface area (Å²) in [5.74, 6) is -0.0912. The van der Waals surface area contributed by atoms with Crippen molar-refractivity contribution in [3.63, 3.8) is 0 Å². The molecule has 0 fully saturated rings. The van der Waals surface area contributed by atoms with Gasteiger partial charge < -0.3 is 20.5 Å². The molecule has 5 heteroatoms. The van der Waals surface area contributed by atoms with E-state index in [1.165, 1.54) is 12.0 Å². The SMILES string of the molecule is COCC(O)CN(C)C(=O)CC(N)c1ccccc1. The Balaban J connectivity index is 2.46. The molecule has 1 aromatic rings. The molecule has 1 rings (SSSR count). The Labute approximate surface area is 114 Å². The molecule has 2 unspecified atom stereocenters. The van der Waals surface area contributed by atoms with Crippen LogP contribution in [0.25, 0.3) is 0 Å². The van der Waals surface area contributed by atoms with Crippen LogP contribution >= 0.6 is 0 Å². The smallest absolute Gasteiger partial charge is 0.224 e. The Morgan fingerprint density at radius 1 is 1.42 bits per heavy atom. The number of aliphatic hydroxyl groups is 1. The van der Waals surface area contributed by atoms with E-state index in [0.717, 1.165) is 5.56 Å². The first kappa shape index (κ1) is 15.6. The summed E-state index contributed by atoms with van der Waals surface area (Å²) >= 11 is 0. The van der Waals surface area contributed by atoms with E-state index >= 15 is 0 Å². The third-order valence-electron chi connectivity index (χ3n) is 2.89. The molecule has 19 heavy (non-hydrogen) atoms. The molecule has 0 aromatic heterocycles. The molecular weight excluding hydrogens is 244 g/mol. The molecule has 3 N–H and O–H groups in total. The molecule has 0 heterocycles. The van der Waals surface area contributed by atoms with Gasteiger partial charge in [0.05, 0.1) is 12.7 Å². The van der Waals surface area contributed by atoms with Crippen molar-refractivity contribution in [2.75, 3.05) is 27.3 Å². The average molecular weight is 266 g/mol. The van der Waals surface area contributed by atoms with E-state index in [9.17, 15) is 9.90 Å². The molecule has 1 aromatic carbocycles. The molecule has 0 spiro atoms. The van der Waals surface area contributed by atoms with Gasteiger partial charge in [-0.05, 0) is 5.56 Å². The van der Waals surface area contributed by atoms with Crippen LogP contribution in [0.15, 0.2) is 30.3 Å². The third kappa shape index (κ3) is 5.38. The molecule has 0 aliphatic carbocycles. The van der Waals surface area contributed by atoms with Gasteiger partial charge in [-0.2, -0.15) is 0 Å². The molecule has 0 radical (unpaired) electrons. The number of aliphatic hydroxyl groups excluding tert-OH is 1. The van der Waals surface area contributed by atoms with Crippen molar-refractivity contribution >= 4 is 5.91 Å². The fraction of sp³-hybridized carbons (Fsp3) is 0.500.